The summed E-state index contributed by atoms with van der Waals surface area (Å²) in [6.45, 7) is 4.61. The summed E-state index contributed by atoms with van der Waals surface area (Å²) in [5, 5.41) is 3.39. The van der Waals surface area contributed by atoms with E-state index in [4.69, 9.17) is 0 Å². The van der Waals surface area contributed by atoms with Gasteiger partial charge in [-0.25, -0.2) is 18.7 Å². The van der Waals surface area contributed by atoms with Crippen molar-refractivity contribution in [1.29, 1.82) is 0 Å². The molecule has 4 nitrogen and oxygen atoms in total. The Bertz CT molecular complexity index is 490. The lowest BCUT2D eigenvalue weighted by atomic mass is 9.95. The highest BCUT2D eigenvalue weighted by atomic mass is 19.3. The Morgan fingerprint density at radius 3 is 2.71 bits per heavy atom. The fourth-order valence-corrected chi connectivity index (χ4v) is 3.11. The molecular weight excluding hydrogens is 274 g/mol. The second-order valence-corrected chi connectivity index (χ2v) is 6.08. The van der Waals surface area contributed by atoms with Gasteiger partial charge in [0, 0.05) is 44.5 Å². The summed E-state index contributed by atoms with van der Waals surface area (Å²) in [7, 11) is 0. The van der Waals surface area contributed by atoms with Crippen molar-refractivity contribution in [2.75, 3.05) is 31.1 Å². The number of aryl methyl sites for hydroxylation is 1. The molecule has 2 aliphatic rings. The third kappa shape index (κ3) is 3.48. The van der Waals surface area contributed by atoms with Crippen LogP contribution in [0.4, 0.5) is 14.6 Å². The zero-order valence-electron chi connectivity index (χ0n) is 12.4. The second kappa shape index (κ2) is 5.83. The molecule has 1 atom stereocenters. The van der Waals surface area contributed by atoms with Crippen LogP contribution < -0.4 is 10.2 Å². The highest BCUT2D eigenvalue weighted by Gasteiger charge is 2.34. The van der Waals surface area contributed by atoms with Crippen LogP contribution in [0.25, 0.3) is 0 Å². The first-order valence-corrected chi connectivity index (χ1v) is 7.73. The molecule has 21 heavy (non-hydrogen) atoms. The van der Waals surface area contributed by atoms with Crippen molar-refractivity contribution in [2.45, 2.75) is 44.4 Å². The summed E-state index contributed by atoms with van der Waals surface area (Å²) < 4.78 is 26.6. The molecule has 1 unspecified atom stereocenters. The third-order valence-corrected chi connectivity index (χ3v) is 4.38. The molecule has 3 heterocycles. The van der Waals surface area contributed by atoms with E-state index >= 15 is 0 Å². The minimum Gasteiger partial charge on any atom is -0.356 e. The van der Waals surface area contributed by atoms with E-state index in [1.54, 1.807) is 0 Å². The van der Waals surface area contributed by atoms with E-state index in [1.807, 2.05) is 17.9 Å². The lowest BCUT2D eigenvalue weighted by Gasteiger charge is -2.33. The van der Waals surface area contributed by atoms with Crippen molar-refractivity contribution in [3.05, 3.63) is 17.6 Å². The average Bonchev–Trinajstić information content (AvgIpc) is 2.47. The molecule has 0 amide bonds. The first kappa shape index (κ1) is 14.6. The predicted octanol–water partition coefficient (Wildman–Crippen LogP) is 2.49. The summed E-state index contributed by atoms with van der Waals surface area (Å²) in [4.78, 5) is 11.0. The predicted molar refractivity (Wildman–Crippen MR) is 78.0 cm³/mol. The summed E-state index contributed by atoms with van der Waals surface area (Å²) in [6.07, 6.45) is 2.10. The second-order valence-electron chi connectivity index (χ2n) is 6.08. The van der Waals surface area contributed by atoms with Crippen LogP contribution in [0.5, 0.6) is 0 Å². The molecule has 1 aromatic rings. The molecule has 116 valence electrons. The lowest BCUT2D eigenvalue weighted by Crippen LogP contribution is -2.40. The van der Waals surface area contributed by atoms with E-state index < -0.39 is 5.92 Å². The monoisotopic (exact) mass is 296 g/mol. The topological polar surface area (TPSA) is 41.1 Å². The molecule has 2 saturated heterocycles. The van der Waals surface area contributed by atoms with Gasteiger partial charge in [-0.3, -0.25) is 0 Å². The Morgan fingerprint density at radius 2 is 2.05 bits per heavy atom. The van der Waals surface area contributed by atoms with Crippen LogP contribution >= 0.6 is 0 Å². The maximum atomic E-state index is 13.3. The lowest BCUT2D eigenvalue weighted by molar-refractivity contribution is -0.0221. The molecule has 1 N–H and O–H groups in total. The van der Waals surface area contributed by atoms with E-state index in [2.05, 4.69) is 15.3 Å². The van der Waals surface area contributed by atoms with Gasteiger partial charge in [0.2, 0.25) is 0 Å². The number of piperidine rings is 2. The molecule has 0 spiro atoms. The molecule has 0 bridgehead atoms. The van der Waals surface area contributed by atoms with Gasteiger partial charge in [0.25, 0.3) is 5.92 Å². The van der Waals surface area contributed by atoms with Gasteiger partial charge in [-0.1, -0.05) is 0 Å². The minimum atomic E-state index is -2.52. The van der Waals surface area contributed by atoms with Crippen molar-refractivity contribution in [3.8, 4) is 0 Å². The van der Waals surface area contributed by atoms with E-state index in [1.165, 1.54) is 0 Å². The van der Waals surface area contributed by atoms with Crippen molar-refractivity contribution >= 4 is 5.82 Å². The van der Waals surface area contributed by atoms with Gasteiger partial charge in [-0.2, -0.15) is 0 Å². The average molecular weight is 296 g/mol. The van der Waals surface area contributed by atoms with Crippen molar-refractivity contribution in [2.24, 2.45) is 0 Å². The first-order valence-electron chi connectivity index (χ1n) is 7.73. The summed E-state index contributed by atoms with van der Waals surface area (Å²) in [5.41, 5.74) is 1.04. The van der Waals surface area contributed by atoms with Gasteiger partial charge in [0.15, 0.2) is 0 Å². The van der Waals surface area contributed by atoms with Crippen LogP contribution in [0.1, 0.15) is 43.1 Å². The van der Waals surface area contributed by atoms with Gasteiger partial charge in [0.1, 0.15) is 11.6 Å². The number of halogens is 2. The van der Waals surface area contributed by atoms with Gasteiger partial charge in [0.05, 0.1) is 5.69 Å². The molecule has 0 radical (unpaired) electrons. The standard InChI is InChI=1S/C15H22F2N4/c1-11-19-13(12-3-2-6-18-10-12)9-14(20-11)21-7-4-15(16,17)5-8-21/h9,12,18H,2-8,10H2,1H3. The molecule has 3 rings (SSSR count). The van der Waals surface area contributed by atoms with Gasteiger partial charge in [-0.05, 0) is 26.3 Å². The summed E-state index contributed by atoms with van der Waals surface area (Å²) in [6, 6.07) is 1.99. The molecule has 0 saturated carbocycles. The summed E-state index contributed by atoms with van der Waals surface area (Å²) >= 11 is 0. The zero-order chi connectivity index (χ0) is 14.9. The molecular formula is C15H22F2N4. The van der Waals surface area contributed by atoms with Crippen LogP contribution in [-0.4, -0.2) is 42.1 Å². The Hall–Kier alpha value is -1.30. The van der Waals surface area contributed by atoms with Crippen molar-refractivity contribution < 1.29 is 8.78 Å². The number of rotatable bonds is 2. The number of hydrogen-bond acceptors (Lipinski definition) is 4. The zero-order valence-corrected chi connectivity index (χ0v) is 12.4. The maximum Gasteiger partial charge on any atom is 0.251 e. The van der Waals surface area contributed by atoms with Crippen LogP contribution in [0.15, 0.2) is 6.07 Å². The molecule has 0 aromatic carbocycles. The Kier molecular flexibility index (Phi) is 4.06. The number of nitrogens with zero attached hydrogens (tertiary/aromatic N) is 3. The highest BCUT2D eigenvalue weighted by molar-refractivity contribution is 5.41. The molecule has 0 aliphatic carbocycles. The fraction of sp³-hybridized carbons (Fsp3) is 0.733. The molecule has 2 aliphatic heterocycles. The number of alkyl halides is 2. The first-order chi connectivity index (χ1) is 10.0. The van der Waals surface area contributed by atoms with E-state index in [-0.39, 0.29) is 12.8 Å². The normalized spacial score (nSPS) is 25.9. The van der Waals surface area contributed by atoms with Gasteiger partial charge in [-0.15, -0.1) is 0 Å². The van der Waals surface area contributed by atoms with Crippen LogP contribution in [-0.2, 0) is 0 Å². The SMILES string of the molecule is Cc1nc(C2CCCNC2)cc(N2CCC(F)(F)CC2)n1. The van der Waals surface area contributed by atoms with Crippen LogP contribution in [0.2, 0.25) is 0 Å². The Labute approximate surface area is 124 Å². The molecule has 6 heteroatoms. The number of hydrogen-bond donors (Lipinski definition) is 1. The summed E-state index contributed by atoms with van der Waals surface area (Å²) in [5.74, 6) is -0.580. The van der Waals surface area contributed by atoms with Gasteiger partial charge >= 0.3 is 0 Å². The molecule has 2 fully saturated rings. The number of aromatic nitrogens is 2. The smallest absolute Gasteiger partial charge is 0.251 e. The molecule has 1 aromatic heterocycles. The Balaban J connectivity index is 1.78. The van der Waals surface area contributed by atoms with Crippen LogP contribution in [0, 0.1) is 6.92 Å². The van der Waals surface area contributed by atoms with E-state index in [0.717, 1.165) is 43.3 Å². The quantitative estimate of drug-likeness (QED) is 0.910. The van der Waals surface area contributed by atoms with Gasteiger partial charge < -0.3 is 10.2 Å². The largest absolute Gasteiger partial charge is 0.356 e. The third-order valence-electron chi connectivity index (χ3n) is 4.38. The maximum absolute atomic E-state index is 13.3. The minimum absolute atomic E-state index is 0.0869. The number of anilines is 1. The van der Waals surface area contributed by atoms with E-state index in [0.29, 0.717) is 19.0 Å². The van der Waals surface area contributed by atoms with Crippen molar-refractivity contribution in [1.82, 2.24) is 15.3 Å². The Morgan fingerprint density at radius 1 is 1.29 bits per heavy atom. The van der Waals surface area contributed by atoms with E-state index in [9.17, 15) is 8.78 Å². The highest BCUT2D eigenvalue weighted by Crippen LogP contribution is 2.31. The van der Waals surface area contributed by atoms with Crippen molar-refractivity contribution in [3.63, 3.8) is 0 Å². The van der Waals surface area contributed by atoms with Crippen LogP contribution in [0.3, 0.4) is 0 Å². The fourth-order valence-electron chi connectivity index (χ4n) is 3.11. The number of nitrogens with one attached hydrogen (secondary N) is 1.